The first-order valence-corrected chi connectivity index (χ1v) is 13.3. The van der Waals surface area contributed by atoms with E-state index in [-0.39, 0.29) is 33.0 Å². The van der Waals surface area contributed by atoms with E-state index in [1.54, 1.807) is 5.57 Å². The summed E-state index contributed by atoms with van der Waals surface area (Å²) in [6.07, 6.45) is 13.1. The third-order valence-corrected chi connectivity index (χ3v) is 12.2. The minimum Gasteiger partial charge on any atom is -0.481 e. The van der Waals surface area contributed by atoms with Gasteiger partial charge in [-0.15, -0.1) is 0 Å². The average Bonchev–Trinajstić information content (AvgIpc) is 2.71. The predicted octanol–water partition coefficient (Wildman–Crippen LogP) is 7.36. The van der Waals surface area contributed by atoms with Gasteiger partial charge in [-0.1, -0.05) is 71.8 Å². The minimum absolute atomic E-state index is 0.00625. The Bertz CT molecular complexity index is 983. The molecule has 0 bridgehead atoms. The quantitative estimate of drug-likeness (QED) is 0.452. The zero-order valence-corrected chi connectivity index (χ0v) is 21.9. The fourth-order valence-electron chi connectivity index (χ4n) is 9.73. The molecule has 0 radical (unpaired) electrons. The highest BCUT2D eigenvalue weighted by molar-refractivity contribution is 5.86. The molecule has 0 spiro atoms. The summed E-state index contributed by atoms with van der Waals surface area (Å²) < 4.78 is 0. The minimum atomic E-state index is -0.594. The summed E-state index contributed by atoms with van der Waals surface area (Å²) in [6.45, 7) is 16.4. The SMILES string of the molecule is CC1(C)CCC2(C(=O)O)CC[C@]3(C)C(=CC=C4[C@@]5(C)CCC(=O)C(C)(C)[C@@H]5CC[C@]43C)C2C1. The molecule has 5 aliphatic carbocycles. The van der Waals surface area contributed by atoms with Crippen LogP contribution in [-0.2, 0) is 9.59 Å². The van der Waals surface area contributed by atoms with Crippen LogP contribution < -0.4 is 0 Å². The summed E-state index contributed by atoms with van der Waals surface area (Å²) in [5.74, 6) is 0.372. The monoisotopic (exact) mass is 452 g/mol. The highest BCUT2D eigenvalue weighted by Crippen LogP contribution is 2.74. The predicted molar refractivity (Wildman–Crippen MR) is 132 cm³/mol. The Morgan fingerprint density at radius 2 is 1.55 bits per heavy atom. The van der Waals surface area contributed by atoms with Crippen LogP contribution in [0.2, 0.25) is 0 Å². The van der Waals surface area contributed by atoms with Gasteiger partial charge in [0.2, 0.25) is 0 Å². The number of carbonyl (C=O) groups excluding carboxylic acids is 1. The Labute approximate surface area is 200 Å². The van der Waals surface area contributed by atoms with E-state index >= 15 is 0 Å². The van der Waals surface area contributed by atoms with Gasteiger partial charge in [0.1, 0.15) is 5.78 Å². The molecule has 182 valence electrons. The molecule has 0 aromatic heterocycles. The molecule has 33 heavy (non-hydrogen) atoms. The maximum Gasteiger partial charge on any atom is 0.310 e. The fraction of sp³-hybridized carbons (Fsp3) is 0.800. The van der Waals surface area contributed by atoms with Gasteiger partial charge in [-0.2, -0.15) is 0 Å². The van der Waals surface area contributed by atoms with Gasteiger partial charge in [-0.05, 0) is 84.9 Å². The third kappa shape index (κ3) is 2.74. The second-order valence-electron chi connectivity index (χ2n) is 14.4. The number of carboxylic acids is 1. The van der Waals surface area contributed by atoms with Crippen molar-refractivity contribution in [1.29, 1.82) is 0 Å². The lowest BCUT2D eigenvalue weighted by molar-refractivity contribution is -0.163. The Morgan fingerprint density at radius 1 is 0.879 bits per heavy atom. The standard InChI is InChI=1S/C30H44O3/c1-25(2)14-16-30(24(32)33)17-15-28(6)19(20(30)18-25)8-9-22-27(5)12-11-23(31)26(3,4)21(27)10-13-29(22,28)7/h8-9,20-21H,10-18H2,1-7H3,(H,32,33)/t20?,21-,27-,28+,29+,30?/m0/s1. The summed E-state index contributed by atoms with van der Waals surface area (Å²) >= 11 is 0. The number of ketones is 1. The zero-order chi connectivity index (χ0) is 24.2. The second kappa shape index (κ2) is 6.64. The van der Waals surface area contributed by atoms with E-state index in [0.29, 0.717) is 18.1 Å². The second-order valence-corrected chi connectivity index (χ2v) is 14.4. The molecule has 0 amide bonds. The first-order chi connectivity index (χ1) is 15.1. The molecule has 1 N–H and O–H groups in total. The van der Waals surface area contributed by atoms with Gasteiger partial charge in [-0.3, -0.25) is 9.59 Å². The highest BCUT2D eigenvalue weighted by atomic mass is 16.4. The number of rotatable bonds is 1. The number of hydrogen-bond donors (Lipinski definition) is 1. The van der Waals surface area contributed by atoms with Crippen LogP contribution in [0, 0.1) is 44.3 Å². The van der Waals surface area contributed by atoms with E-state index in [1.165, 1.54) is 5.57 Å². The zero-order valence-electron chi connectivity index (χ0n) is 21.9. The average molecular weight is 453 g/mol. The van der Waals surface area contributed by atoms with Gasteiger partial charge < -0.3 is 5.11 Å². The maximum atomic E-state index is 12.9. The lowest BCUT2D eigenvalue weighted by atomic mass is 9.36. The first kappa shape index (κ1) is 23.4. The molecule has 0 aliphatic heterocycles. The third-order valence-electron chi connectivity index (χ3n) is 12.2. The largest absolute Gasteiger partial charge is 0.481 e. The highest BCUT2D eigenvalue weighted by Gasteiger charge is 2.67. The lowest BCUT2D eigenvalue weighted by Crippen LogP contribution is -2.61. The number of aliphatic carboxylic acids is 1. The van der Waals surface area contributed by atoms with Crippen LogP contribution in [0.3, 0.4) is 0 Å². The van der Waals surface area contributed by atoms with E-state index in [0.717, 1.165) is 51.4 Å². The molecule has 0 aromatic carbocycles. The summed E-state index contributed by atoms with van der Waals surface area (Å²) in [7, 11) is 0. The van der Waals surface area contributed by atoms with E-state index in [1.807, 2.05) is 0 Å². The summed E-state index contributed by atoms with van der Waals surface area (Å²) in [5, 5.41) is 10.5. The van der Waals surface area contributed by atoms with E-state index < -0.39 is 11.4 Å². The number of hydrogen-bond acceptors (Lipinski definition) is 2. The number of carboxylic acid groups (broad SMARTS) is 1. The van der Waals surface area contributed by atoms with Crippen molar-refractivity contribution < 1.29 is 14.7 Å². The van der Waals surface area contributed by atoms with Crippen LogP contribution in [0.5, 0.6) is 0 Å². The summed E-state index contributed by atoms with van der Waals surface area (Å²) in [5.41, 5.74) is 2.37. The van der Waals surface area contributed by atoms with Crippen LogP contribution in [-0.4, -0.2) is 16.9 Å². The smallest absolute Gasteiger partial charge is 0.310 e. The van der Waals surface area contributed by atoms with E-state index in [9.17, 15) is 14.7 Å². The number of fused-ring (bicyclic) bond motifs is 7. The molecule has 2 unspecified atom stereocenters. The molecule has 6 atom stereocenters. The normalized spacial score (nSPS) is 47.8. The van der Waals surface area contributed by atoms with E-state index in [2.05, 4.69) is 60.6 Å². The van der Waals surface area contributed by atoms with Crippen molar-refractivity contribution in [2.24, 2.45) is 44.3 Å². The Kier molecular flexibility index (Phi) is 4.70. The first-order valence-electron chi connectivity index (χ1n) is 13.3. The van der Waals surface area contributed by atoms with Gasteiger partial charge in [0.15, 0.2) is 0 Å². The van der Waals surface area contributed by atoms with Crippen LogP contribution in [0.1, 0.15) is 106 Å². The lowest BCUT2D eigenvalue weighted by Gasteiger charge is -2.67. The summed E-state index contributed by atoms with van der Waals surface area (Å²) in [4.78, 5) is 25.6. The molecule has 5 aliphatic rings. The molecular weight excluding hydrogens is 408 g/mol. The Balaban J connectivity index is 1.66. The molecule has 0 heterocycles. The van der Waals surface area contributed by atoms with Crippen molar-refractivity contribution in [1.82, 2.24) is 0 Å². The van der Waals surface area contributed by atoms with Crippen LogP contribution in [0.15, 0.2) is 23.3 Å². The molecule has 5 rings (SSSR count). The van der Waals surface area contributed by atoms with Gasteiger partial charge in [-0.25, -0.2) is 0 Å². The van der Waals surface area contributed by atoms with Crippen LogP contribution >= 0.6 is 0 Å². The van der Waals surface area contributed by atoms with E-state index in [4.69, 9.17) is 0 Å². The number of allylic oxidation sites excluding steroid dienone is 4. The topological polar surface area (TPSA) is 54.4 Å². The van der Waals surface area contributed by atoms with Crippen LogP contribution in [0.25, 0.3) is 0 Å². The van der Waals surface area contributed by atoms with Crippen LogP contribution in [0.4, 0.5) is 0 Å². The maximum absolute atomic E-state index is 12.9. The summed E-state index contributed by atoms with van der Waals surface area (Å²) in [6, 6.07) is 0. The molecule has 3 nitrogen and oxygen atoms in total. The molecule has 0 saturated heterocycles. The molecule has 3 heteroatoms. The van der Waals surface area contributed by atoms with Crippen molar-refractivity contribution in [3.05, 3.63) is 23.3 Å². The van der Waals surface area contributed by atoms with Gasteiger partial charge in [0.25, 0.3) is 0 Å². The Morgan fingerprint density at radius 3 is 2.21 bits per heavy atom. The van der Waals surface area contributed by atoms with Crippen molar-refractivity contribution in [2.45, 2.75) is 106 Å². The molecular formula is C30H44O3. The van der Waals surface area contributed by atoms with Gasteiger partial charge >= 0.3 is 5.97 Å². The van der Waals surface area contributed by atoms with Gasteiger partial charge in [0.05, 0.1) is 5.41 Å². The van der Waals surface area contributed by atoms with Crippen molar-refractivity contribution >= 4 is 11.8 Å². The number of carbonyl (C=O) groups is 2. The van der Waals surface area contributed by atoms with Crippen molar-refractivity contribution in [3.8, 4) is 0 Å². The molecule has 0 aromatic rings. The fourth-order valence-corrected chi connectivity index (χ4v) is 9.73. The van der Waals surface area contributed by atoms with Crippen molar-refractivity contribution in [2.75, 3.05) is 0 Å². The number of Topliss-reactive ketones (excluding diaryl/α,β-unsaturated/α-hetero) is 1. The Hall–Kier alpha value is -1.38. The van der Waals surface area contributed by atoms with Crippen molar-refractivity contribution in [3.63, 3.8) is 0 Å². The van der Waals surface area contributed by atoms with Gasteiger partial charge in [0, 0.05) is 11.8 Å². The molecule has 4 saturated carbocycles. The molecule has 4 fully saturated rings.